The average molecular weight is 507 g/mol. The summed E-state index contributed by atoms with van der Waals surface area (Å²) in [5, 5.41) is 15.8. The van der Waals surface area contributed by atoms with E-state index in [1.54, 1.807) is 49.5 Å². The molecule has 1 aromatic rings. The van der Waals surface area contributed by atoms with Crippen molar-refractivity contribution in [2.75, 3.05) is 6.61 Å². The normalized spacial score (nSPS) is 43.1. The lowest BCUT2D eigenvalue weighted by Gasteiger charge is -2.62. The first kappa shape index (κ1) is 24.2. The highest BCUT2D eigenvalue weighted by Crippen LogP contribution is 2.71. The third-order valence-electron chi connectivity index (χ3n) is 10.3. The van der Waals surface area contributed by atoms with E-state index in [2.05, 4.69) is 10.5 Å². The predicted octanol–water partition coefficient (Wildman–Crippen LogP) is 3.34. The van der Waals surface area contributed by atoms with Gasteiger partial charge in [-0.3, -0.25) is 15.0 Å². The third-order valence-corrected chi connectivity index (χ3v) is 10.3. The maximum atomic E-state index is 17.3. The zero-order valence-corrected chi connectivity index (χ0v) is 20.9. The summed E-state index contributed by atoms with van der Waals surface area (Å²) in [6.45, 7) is 3.27. The Labute approximate surface area is 214 Å². The smallest absolute Gasteiger partial charge is 0.338 e. The Hall–Kier alpha value is -3.13. The van der Waals surface area contributed by atoms with Crippen molar-refractivity contribution < 1.29 is 28.6 Å². The lowest BCUT2D eigenvalue weighted by Crippen LogP contribution is -2.71. The van der Waals surface area contributed by atoms with E-state index in [0.29, 0.717) is 24.8 Å². The second kappa shape index (κ2) is 7.93. The van der Waals surface area contributed by atoms with Crippen LogP contribution in [0.1, 0.15) is 49.9 Å². The van der Waals surface area contributed by atoms with Gasteiger partial charge < -0.3 is 9.84 Å². The summed E-state index contributed by atoms with van der Waals surface area (Å²) in [6.07, 6.45) is 6.51. The molecule has 0 bridgehead atoms. The molecule has 6 rings (SSSR count). The van der Waals surface area contributed by atoms with E-state index in [1.807, 2.05) is 6.92 Å². The average Bonchev–Trinajstić information content (AvgIpc) is 3.41. The van der Waals surface area contributed by atoms with Crippen molar-refractivity contribution in [1.29, 1.82) is 0 Å². The summed E-state index contributed by atoms with van der Waals surface area (Å²) in [5.41, 5.74) is -0.959. The summed E-state index contributed by atoms with van der Waals surface area (Å²) in [5.74, 6) is -2.12. The van der Waals surface area contributed by atoms with Crippen LogP contribution in [0, 0.1) is 28.6 Å². The van der Waals surface area contributed by atoms with Crippen molar-refractivity contribution in [2.45, 2.75) is 56.8 Å². The number of hydrogen-bond donors (Lipinski definition) is 2. The van der Waals surface area contributed by atoms with Crippen LogP contribution in [0.2, 0.25) is 0 Å². The zero-order valence-electron chi connectivity index (χ0n) is 20.9. The summed E-state index contributed by atoms with van der Waals surface area (Å²) in [6, 6.07) is 8.47. The monoisotopic (exact) mass is 506 g/mol. The molecule has 0 saturated heterocycles. The molecular weight excluding hydrogens is 475 g/mol. The number of benzene rings is 1. The van der Waals surface area contributed by atoms with E-state index in [1.165, 1.54) is 12.2 Å². The molecule has 0 spiro atoms. The summed E-state index contributed by atoms with van der Waals surface area (Å²) in [7, 11) is 0. The van der Waals surface area contributed by atoms with Gasteiger partial charge in [-0.1, -0.05) is 36.8 Å². The van der Waals surface area contributed by atoms with Crippen LogP contribution in [0.25, 0.3) is 0 Å². The van der Waals surface area contributed by atoms with Gasteiger partial charge >= 0.3 is 5.97 Å². The zero-order chi connectivity index (χ0) is 26.2. The molecule has 8 atom stereocenters. The highest BCUT2D eigenvalue weighted by molar-refractivity contribution is 6.01. The molecule has 8 heteroatoms. The van der Waals surface area contributed by atoms with Gasteiger partial charge in [0.05, 0.1) is 11.7 Å². The van der Waals surface area contributed by atoms with Crippen LogP contribution >= 0.6 is 0 Å². The number of ether oxygens (including phenoxy) is 1. The SMILES string of the molecule is CC12C=CC(=O)C=C1CCC1C3CC4C=NNC4(C(=O)COC(=O)c4ccccc4)C3(C)CC(O)C12F. The maximum absolute atomic E-state index is 17.3. The van der Waals surface area contributed by atoms with Crippen molar-refractivity contribution in [1.82, 2.24) is 5.43 Å². The Morgan fingerprint density at radius 3 is 2.73 bits per heavy atom. The Kier molecular flexibility index (Phi) is 5.19. The molecule has 2 N–H and O–H groups in total. The summed E-state index contributed by atoms with van der Waals surface area (Å²) in [4.78, 5) is 38.4. The number of aliphatic hydroxyl groups excluding tert-OH is 1. The van der Waals surface area contributed by atoms with Gasteiger partial charge in [-0.05, 0) is 62.8 Å². The van der Waals surface area contributed by atoms with E-state index in [0.717, 1.165) is 5.57 Å². The molecule has 0 amide bonds. The number of carbonyl (C=O) groups is 3. The van der Waals surface area contributed by atoms with Crippen molar-refractivity contribution in [2.24, 2.45) is 33.7 Å². The summed E-state index contributed by atoms with van der Waals surface area (Å²) < 4.78 is 22.8. The van der Waals surface area contributed by atoms with E-state index in [4.69, 9.17) is 4.74 Å². The summed E-state index contributed by atoms with van der Waals surface area (Å²) >= 11 is 0. The molecule has 0 aromatic heterocycles. The van der Waals surface area contributed by atoms with Crippen molar-refractivity contribution in [3.8, 4) is 0 Å². The second-order valence-corrected chi connectivity index (χ2v) is 11.7. The van der Waals surface area contributed by atoms with Gasteiger partial charge in [-0.25, -0.2) is 9.18 Å². The van der Waals surface area contributed by atoms with Crippen LogP contribution in [0.4, 0.5) is 4.39 Å². The number of carbonyl (C=O) groups excluding carboxylic acids is 3. The highest BCUT2D eigenvalue weighted by atomic mass is 19.1. The van der Waals surface area contributed by atoms with Crippen LogP contribution in [-0.4, -0.2) is 52.8 Å². The molecule has 1 aromatic carbocycles. The first-order valence-corrected chi connectivity index (χ1v) is 12.9. The Bertz CT molecular complexity index is 1280. The van der Waals surface area contributed by atoms with E-state index in [9.17, 15) is 19.5 Å². The van der Waals surface area contributed by atoms with Gasteiger partial charge in [0.2, 0.25) is 0 Å². The molecule has 3 saturated carbocycles. The quantitative estimate of drug-likeness (QED) is 0.607. The van der Waals surface area contributed by atoms with Gasteiger partial charge in [0, 0.05) is 28.9 Å². The fourth-order valence-corrected chi connectivity index (χ4v) is 8.42. The number of alkyl halides is 1. The second-order valence-electron chi connectivity index (χ2n) is 11.7. The van der Waals surface area contributed by atoms with E-state index >= 15 is 4.39 Å². The Morgan fingerprint density at radius 1 is 1.22 bits per heavy atom. The molecule has 37 heavy (non-hydrogen) atoms. The minimum atomic E-state index is -1.97. The highest BCUT2D eigenvalue weighted by Gasteiger charge is 2.77. The van der Waals surface area contributed by atoms with E-state index < -0.39 is 46.6 Å². The van der Waals surface area contributed by atoms with Crippen molar-refractivity contribution >= 4 is 23.8 Å². The standard InChI is InChI=1S/C29H31FN2O5/c1-26-11-10-20(33)12-18(26)8-9-21-22-13-19-15-31-32-29(19,27(22,2)14-23(34)28(21,26)30)24(35)16-37-25(36)17-6-4-3-5-7-17/h3-7,10-12,15,19,21-23,32,34H,8-9,13-14,16H2,1-2H3. The largest absolute Gasteiger partial charge is 0.454 e. The molecule has 8 unspecified atom stereocenters. The molecule has 5 aliphatic rings. The van der Waals surface area contributed by atoms with Gasteiger partial charge in [0.15, 0.2) is 23.8 Å². The molecule has 0 radical (unpaired) electrons. The number of fused-ring (bicyclic) bond motifs is 7. The number of Topliss-reactive ketones (excluding diaryl/α,β-unsaturated/α-hetero) is 1. The molecule has 7 nitrogen and oxygen atoms in total. The Morgan fingerprint density at radius 2 is 1.97 bits per heavy atom. The molecule has 1 heterocycles. The minimum absolute atomic E-state index is 0.0422. The number of nitrogens with zero attached hydrogens (tertiary/aromatic N) is 1. The maximum Gasteiger partial charge on any atom is 0.338 e. The number of halogens is 1. The number of ketones is 2. The van der Waals surface area contributed by atoms with Crippen LogP contribution in [0.15, 0.2) is 59.2 Å². The first-order chi connectivity index (χ1) is 17.6. The van der Waals surface area contributed by atoms with Crippen LogP contribution in [-0.2, 0) is 14.3 Å². The number of allylic oxidation sites excluding steroid dienone is 4. The van der Waals surface area contributed by atoms with Crippen LogP contribution in [0.5, 0.6) is 0 Å². The number of nitrogens with one attached hydrogen (secondary N) is 1. The number of esters is 1. The number of rotatable bonds is 4. The topological polar surface area (TPSA) is 105 Å². The molecule has 3 fully saturated rings. The van der Waals surface area contributed by atoms with Crippen LogP contribution < -0.4 is 5.43 Å². The molecular formula is C29H31FN2O5. The number of hydrogen-bond acceptors (Lipinski definition) is 7. The number of aliphatic hydroxyl groups is 1. The van der Waals surface area contributed by atoms with Crippen molar-refractivity contribution in [3.05, 3.63) is 59.7 Å². The Balaban J connectivity index is 1.33. The third kappa shape index (κ3) is 2.96. The van der Waals surface area contributed by atoms with Crippen molar-refractivity contribution in [3.63, 3.8) is 0 Å². The lowest BCUT2D eigenvalue weighted by molar-refractivity contribution is -0.200. The fraction of sp³-hybridized carbons (Fsp3) is 0.517. The number of hydrazone groups is 1. The minimum Gasteiger partial charge on any atom is -0.454 e. The first-order valence-electron chi connectivity index (χ1n) is 12.9. The van der Waals surface area contributed by atoms with Gasteiger partial charge in [-0.15, -0.1) is 0 Å². The fourth-order valence-electron chi connectivity index (χ4n) is 8.42. The molecule has 1 aliphatic heterocycles. The molecule has 194 valence electrons. The van der Waals surface area contributed by atoms with Gasteiger partial charge in [0.1, 0.15) is 5.54 Å². The van der Waals surface area contributed by atoms with Gasteiger partial charge in [0.25, 0.3) is 0 Å². The lowest BCUT2D eigenvalue weighted by atomic mass is 9.44. The van der Waals surface area contributed by atoms with E-state index in [-0.39, 0.29) is 29.8 Å². The molecule has 4 aliphatic carbocycles. The van der Waals surface area contributed by atoms with Gasteiger partial charge in [-0.2, -0.15) is 5.10 Å². The predicted molar refractivity (Wildman–Crippen MR) is 133 cm³/mol. The van der Waals surface area contributed by atoms with Crippen LogP contribution in [0.3, 0.4) is 0 Å².